The molecule has 3 atom stereocenters. The van der Waals surface area contributed by atoms with E-state index in [4.69, 9.17) is 15.3 Å². The first kappa shape index (κ1) is 9.55. The highest BCUT2D eigenvalue weighted by atomic mass is 16.4. The van der Waals surface area contributed by atoms with Gasteiger partial charge in [0.2, 0.25) is 0 Å². The minimum Gasteiger partial charge on any atom is -0.391 e. The van der Waals surface area contributed by atoms with E-state index in [-0.39, 0.29) is 0 Å². The van der Waals surface area contributed by atoms with Crippen molar-refractivity contribution in [1.82, 2.24) is 0 Å². The number of Topliss-reactive ketones (excluding diaryl/α,β-unsaturated/α-hetero) is 1. The first-order valence-corrected chi connectivity index (χ1v) is 3.01. The van der Waals surface area contributed by atoms with Gasteiger partial charge in [-0.25, -0.2) is 0 Å². The fourth-order valence-electron chi connectivity index (χ4n) is 0.504. The van der Waals surface area contributed by atoms with Crippen LogP contribution in [-0.2, 0) is 4.79 Å². The third kappa shape index (κ3) is 2.43. The highest BCUT2D eigenvalue weighted by Gasteiger charge is 2.24. The number of rotatable bonds is 3. The van der Waals surface area contributed by atoms with Crippen molar-refractivity contribution in [1.29, 1.82) is 0 Å². The molecular weight excluding hydrogens is 136 g/mol. The van der Waals surface area contributed by atoms with Crippen LogP contribution in [0.5, 0.6) is 0 Å². The smallest absolute Gasteiger partial charge is 0.160 e. The Morgan fingerprint density at radius 1 is 1.30 bits per heavy atom. The topological polar surface area (TPSA) is 77.8 Å². The van der Waals surface area contributed by atoms with Gasteiger partial charge in [0.05, 0.1) is 6.10 Å². The van der Waals surface area contributed by atoms with Crippen molar-refractivity contribution in [3.63, 3.8) is 0 Å². The molecule has 0 saturated heterocycles. The molecule has 0 radical (unpaired) electrons. The van der Waals surface area contributed by atoms with Crippen molar-refractivity contribution in [2.24, 2.45) is 0 Å². The van der Waals surface area contributed by atoms with Crippen molar-refractivity contribution in [2.75, 3.05) is 0 Å². The average Bonchev–Trinajstić information content (AvgIpc) is 1.84. The summed E-state index contributed by atoms with van der Waals surface area (Å²) < 4.78 is 0. The quantitative estimate of drug-likeness (QED) is 0.464. The lowest BCUT2D eigenvalue weighted by Crippen LogP contribution is -2.39. The fourth-order valence-corrected chi connectivity index (χ4v) is 0.504. The summed E-state index contributed by atoms with van der Waals surface area (Å²) in [6, 6.07) is 0. The molecule has 0 heterocycles. The number of carbonyl (C=O) groups excluding carboxylic acids is 1. The molecule has 0 aliphatic rings. The van der Waals surface area contributed by atoms with Gasteiger partial charge in [-0.15, -0.1) is 0 Å². The molecule has 0 aromatic carbocycles. The molecule has 0 bridgehead atoms. The predicted molar refractivity (Wildman–Crippen MR) is 34.4 cm³/mol. The lowest BCUT2D eigenvalue weighted by molar-refractivity contribution is -0.135. The van der Waals surface area contributed by atoms with Gasteiger partial charge in [0.15, 0.2) is 5.78 Å². The second kappa shape index (κ2) is 3.65. The fraction of sp³-hybridized carbons (Fsp3) is 0.833. The first-order valence-electron chi connectivity index (χ1n) is 3.01. The molecule has 0 amide bonds. The Bertz CT molecular complexity index is 121. The Kier molecular flexibility index (Phi) is 3.49. The molecule has 0 aromatic heterocycles. The van der Waals surface area contributed by atoms with Gasteiger partial charge in [0.25, 0.3) is 0 Å². The molecule has 0 spiro atoms. The Hall–Kier alpha value is -0.450. The molecule has 0 aliphatic heterocycles. The normalized spacial score (nSPS) is 19.7. The molecule has 0 rings (SSSR count). The van der Waals surface area contributed by atoms with Crippen LogP contribution in [0.15, 0.2) is 0 Å². The maximum atomic E-state index is 10.4. The van der Waals surface area contributed by atoms with Crippen molar-refractivity contribution in [2.45, 2.75) is 32.2 Å². The summed E-state index contributed by atoms with van der Waals surface area (Å²) in [6.45, 7) is 2.45. The third-order valence-corrected chi connectivity index (χ3v) is 1.23. The van der Waals surface area contributed by atoms with Crippen molar-refractivity contribution >= 4 is 5.78 Å². The minimum absolute atomic E-state index is 0.548. The maximum Gasteiger partial charge on any atom is 0.160 e. The van der Waals surface area contributed by atoms with E-state index >= 15 is 0 Å². The molecule has 0 saturated carbocycles. The van der Waals surface area contributed by atoms with Crippen LogP contribution in [-0.4, -0.2) is 39.4 Å². The molecule has 60 valence electrons. The molecule has 0 aliphatic carbocycles. The molecule has 4 nitrogen and oxygen atoms in total. The molecule has 0 aromatic rings. The number of carbonyl (C=O) groups is 1. The van der Waals surface area contributed by atoms with Crippen molar-refractivity contribution in [3.8, 4) is 0 Å². The molecule has 4 heteroatoms. The van der Waals surface area contributed by atoms with Crippen LogP contribution < -0.4 is 0 Å². The summed E-state index contributed by atoms with van der Waals surface area (Å²) >= 11 is 0. The van der Waals surface area contributed by atoms with E-state index in [9.17, 15) is 4.79 Å². The highest BCUT2D eigenvalue weighted by molar-refractivity contribution is 5.80. The van der Waals surface area contributed by atoms with Gasteiger partial charge >= 0.3 is 0 Å². The lowest BCUT2D eigenvalue weighted by Gasteiger charge is -2.17. The minimum atomic E-state index is -1.47. The Morgan fingerprint density at radius 2 is 1.70 bits per heavy atom. The van der Waals surface area contributed by atoms with Crippen LogP contribution in [0.3, 0.4) is 0 Å². The molecule has 3 N–H and O–H groups in total. The monoisotopic (exact) mass is 148 g/mol. The highest BCUT2D eigenvalue weighted by Crippen LogP contribution is 1.99. The van der Waals surface area contributed by atoms with Crippen LogP contribution in [0, 0.1) is 0 Å². The Balaban J connectivity index is 3.94. The number of aliphatic hydroxyl groups is 3. The third-order valence-electron chi connectivity index (χ3n) is 1.23. The zero-order valence-electron chi connectivity index (χ0n) is 5.98. The maximum absolute atomic E-state index is 10.4. The predicted octanol–water partition coefficient (Wildman–Crippen LogP) is -1.32. The standard InChI is InChI=1S/C6H12O4/c1-3(7)5(9)6(10)4(2)8/h3,5-7,9-10H,1-2H3. The van der Waals surface area contributed by atoms with Crippen LogP contribution in [0.2, 0.25) is 0 Å². The Labute approximate surface area is 59.1 Å². The molecule has 0 fully saturated rings. The largest absolute Gasteiger partial charge is 0.391 e. The van der Waals surface area contributed by atoms with E-state index in [1.54, 1.807) is 0 Å². The van der Waals surface area contributed by atoms with Crippen LogP contribution >= 0.6 is 0 Å². The van der Waals surface area contributed by atoms with Crippen LogP contribution in [0.25, 0.3) is 0 Å². The number of ketones is 1. The summed E-state index contributed by atoms with van der Waals surface area (Å²) in [4.78, 5) is 10.4. The average molecular weight is 148 g/mol. The van der Waals surface area contributed by atoms with Gasteiger partial charge in [0, 0.05) is 0 Å². The van der Waals surface area contributed by atoms with E-state index < -0.39 is 24.1 Å². The van der Waals surface area contributed by atoms with Crippen LogP contribution in [0.1, 0.15) is 13.8 Å². The summed E-state index contributed by atoms with van der Waals surface area (Å²) in [5.41, 5.74) is 0. The number of hydrogen-bond donors (Lipinski definition) is 3. The van der Waals surface area contributed by atoms with Crippen molar-refractivity contribution in [3.05, 3.63) is 0 Å². The van der Waals surface area contributed by atoms with E-state index in [1.165, 1.54) is 6.92 Å². The van der Waals surface area contributed by atoms with Crippen LogP contribution in [0.4, 0.5) is 0 Å². The second-order valence-electron chi connectivity index (χ2n) is 2.29. The molecule has 10 heavy (non-hydrogen) atoms. The summed E-state index contributed by atoms with van der Waals surface area (Å²) in [5, 5.41) is 26.3. The second-order valence-corrected chi connectivity index (χ2v) is 2.29. The van der Waals surface area contributed by atoms with Gasteiger partial charge in [-0.05, 0) is 13.8 Å². The molecular formula is C6H12O4. The summed E-state index contributed by atoms with van der Waals surface area (Å²) in [5.74, 6) is -0.548. The number of aliphatic hydroxyl groups excluding tert-OH is 3. The van der Waals surface area contributed by atoms with E-state index in [2.05, 4.69) is 0 Å². The number of hydrogen-bond acceptors (Lipinski definition) is 4. The van der Waals surface area contributed by atoms with Gasteiger partial charge in [-0.2, -0.15) is 0 Å². The summed E-state index contributed by atoms with van der Waals surface area (Å²) in [6.07, 6.45) is -3.93. The first-order chi connectivity index (χ1) is 4.46. The van der Waals surface area contributed by atoms with Gasteiger partial charge in [-0.3, -0.25) is 4.79 Å². The van der Waals surface area contributed by atoms with Gasteiger partial charge < -0.3 is 15.3 Å². The van der Waals surface area contributed by atoms with E-state index in [0.717, 1.165) is 6.92 Å². The zero-order valence-corrected chi connectivity index (χ0v) is 5.98. The Morgan fingerprint density at radius 3 is 1.80 bits per heavy atom. The van der Waals surface area contributed by atoms with Gasteiger partial charge in [-0.1, -0.05) is 0 Å². The lowest BCUT2D eigenvalue weighted by atomic mass is 10.1. The van der Waals surface area contributed by atoms with Crippen molar-refractivity contribution < 1.29 is 20.1 Å². The summed E-state index contributed by atoms with van der Waals surface area (Å²) in [7, 11) is 0. The SMILES string of the molecule is CC(=O)C(O)C(O)C(C)O. The van der Waals surface area contributed by atoms with Gasteiger partial charge in [0.1, 0.15) is 12.2 Å². The van der Waals surface area contributed by atoms with E-state index in [0.29, 0.717) is 0 Å². The van der Waals surface area contributed by atoms with E-state index in [1.807, 2.05) is 0 Å². The zero-order chi connectivity index (χ0) is 8.31. The molecule has 3 unspecified atom stereocenters.